The zero-order chi connectivity index (χ0) is 15.4. The number of nitrogens with zero attached hydrogens (tertiary/aromatic N) is 2. The van der Waals surface area contributed by atoms with Crippen LogP contribution in [0.1, 0.15) is 18.1 Å². The summed E-state index contributed by atoms with van der Waals surface area (Å²) in [4.78, 5) is 8.71. The predicted molar refractivity (Wildman–Crippen MR) is 89.2 cm³/mol. The van der Waals surface area contributed by atoms with E-state index in [0.29, 0.717) is 6.54 Å². The van der Waals surface area contributed by atoms with E-state index < -0.39 is 0 Å². The van der Waals surface area contributed by atoms with Gasteiger partial charge in [0, 0.05) is 11.9 Å². The fraction of sp³-hybridized carbons (Fsp3) is 0.222. The lowest BCUT2D eigenvalue weighted by Gasteiger charge is -2.10. The van der Waals surface area contributed by atoms with Crippen LogP contribution < -0.4 is 10.1 Å². The second kappa shape index (κ2) is 6.43. The molecule has 0 aliphatic carbocycles. The lowest BCUT2D eigenvalue weighted by Crippen LogP contribution is -2.02. The van der Waals surface area contributed by atoms with E-state index in [1.807, 2.05) is 24.3 Å². The van der Waals surface area contributed by atoms with Crippen molar-refractivity contribution >= 4 is 16.7 Å². The van der Waals surface area contributed by atoms with E-state index in [2.05, 4.69) is 40.4 Å². The van der Waals surface area contributed by atoms with Gasteiger partial charge in [0.25, 0.3) is 0 Å². The van der Waals surface area contributed by atoms with Gasteiger partial charge in [-0.1, -0.05) is 25.1 Å². The van der Waals surface area contributed by atoms with E-state index in [1.165, 1.54) is 11.1 Å². The molecule has 0 saturated heterocycles. The van der Waals surface area contributed by atoms with Crippen molar-refractivity contribution in [2.24, 2.45) is 0 Å². The Kier molecular flexibility index (Phi) is 4.19. The minimum atomic E-state index is 0.715. The molecule has 0 saturated carbocycles. The summed E-state index contributed by atoms with van der Waals surface area (Å²) in [6.07, 6.45) is 2.60. The second-order valence-electron chi connectivity index (χ2n) is 5.13. The normalized spacial score (nSPS) is 10.6. The average Bonchev–Trinajstić information content (AvgIpc) is 2.59. The molecular formula is C18H19N3O. The van der Waals surface area contributed by atoms with Gasteiger partial charge in [-0.3, -0.25) is 0 Å². The maximum atomic E-state index is 5.17. The van der Waals surface area contributed by atoms with Gasteiger partial charge in [0.15, 0.2) is 0 Å². The van der Waals surface area contributed by atoms with Crippen molar-refractivity contribution in [3.05, 3.63) is 59.9 Å². The van der Waals surface area contributed by atoms with E-state index in [4.69, 9.17) is 4.74 Å². The fourth-order valence-electron chi connectivity index (χ4n) is 2.39. The summed E-state index contributed by atoms with van der Waals surface area (Å²) in [7, 11) is 1.67. The van der Waals surface area contributed by atoms with Crippen molar-refractivity contribution in [1.29, 1.82) is 0 Å². The van der Waals surface area contributed by atoms with Gasteiger partial charge < -0.3 is 10.1 Å². The van der Waals surface area contributed by atoms with Crippen LogP contribution in [0.5, 0.6) is 5.75 Å². The number of ether oxygens (including phenoxy) is 1. The maximum Gasteiger partial charge on any atom is 0.137 e. The first kappa shape index (κ1) is 14.3. The molecule has 112 valence electrons. The molecule has 3 rings (SSSR count). The van der Waals surface area contributed by atoms with Crippen molar-refractivity contribution in [2.75, 3.05) is 12.4 Å². The molecule has 0 aliphatic heterocycles. The number of benzene rings is 2. The van der Waals surface area contributed by atoms with Gasteiger partial charge in [0.1, 0.15) is 17.9 Å². The van der Waals surface area contributed by atoms with Crippen LogP contribution in [-0.4, -0.2) is 17.1 Å². The Morgan fingerprint density at radius 2 is 1.77 bits per heavy atom. The zero-order valence-electron chi connectivity index (χ0n) is 12.8. The summed E-state index contributed by atoms with van der Waals surface area (Å²) in [6, 6.07) is 14.3. The zero-order valence-corrected chi connectivity index (χ0v) is 12.8. The van der Waals surface area contributed by atoms with E-state index in [-0.39, 0.29) is 0 Å². The summed E-state index contributed by atoms with van der Waals surface area (Å²) in [6.45, 7) is 2.86. The summed E-state index contributed by atoms with van der Waals surface area (Å²) in [5, 5.41) is 4.47. The molecular weight excluding hydrogens is 274 g/mol. The van der Waals surface area contributed by atoms with E-state index in [9.17, 15) is 0 Å². The molecule has 0 amide bonds. The lowest BCUT2D eigenvalue weighted by atomic mass is 10.1. The van der Waals surface area contributed by atoms with Gasteiger partial charge in [-0.2, -0.15) is 0 Å². The van der Waals surface area contributed by atoms with Crippen molar-refractivity contribution in [3.8, 4) is 5.75 Å². The minimum Gasteiger partial charge on any atom is -0.497 e. The van der Waals surface area contributed by atoms with Crippen LogP contribution in [0.25, 0.3) is 10.9 Å². The van der Waals surface area contributed by atoms with Crippen molar-refractivity contribution in [2.45, 2.75) is 19.9 Å². The van der Waals surface area contributed by atoms with Crippen LogP contribution in [0, 0.1) is 0 Å². The Bertz CT molecular complexity index is 769. The quantitative estimate of drug-likeness (QED) is 0.777. The molecule has 1 aromatic heterocycles. The number of hydrogen-bond acceptors (Lipinski definition) is 4. The summed E-state index contributed by atoms with van der Waals surface area (Å²) >= 11 is 0. The highest BCUT2D eigenvalue weighted by molar-refractivity contribution is 5.89. The van der Waals surface area contributed by atoms with Gasteiger partial charge in [0.2, 0.25) is 0 Å². The second-order valence-corrected chi connectivity index (χ2v) is 5.13. The first-order valence-corrected chi connectivity index (χ1v) is 7.40. The van der Waals surface area contributed by atoms with Gasteiger partial charge in [0.05, 0.1) is 12.6 Å². The van der Waals surface area contributed by atoms with Gasteiger partial charge in [-0.05, 0) is 41.8 Å². The van der Waals surface area contributed by atoms with E-state index >= 15 is 0 Å². The number of aromatic nitrogens is 2. The van der Waals surface area contributed by atoms with E-state index in [0.717, 1.165) is 28.9 Å². The highest BCUT2D eigenvalue weighted by Crippen LogP contribution is 2.22. The first-order chi connectivity index (χ1) is 10.8. The SMILES string of the molecule is CCc1ccc2ncnc(NCc3ccc(OC)cc3)c2c1. The van der Waals surface area contributed by atoms with Crippen LogP contribution in [0.15, 0.2) is 48.8 Å². The molecule has 4 nitrogen and oxygen atoms in total. The Hall–Kier alpha value is -2.62. The summed E-state index contributed by atoms with van der Waals surface area (Å²) < 4.78 is 5.17. The molecule has 0 fully saturated rings. The Balaban J connectivity index is 1.83. The smallest absolute Gasteiger partial charge is 0.137 e. The third-order valence-electron chi connectivity index (χ3n) is 3.73. The molecule has 0 aliphatic rings. The molecule has 22 heavy (non-hydrogen) atoms. The molecule has 4 heteroatoms. The van der Waals surface area contributed by atoms with Crippen LogP contribution in [-0.2, 0) is 13.0 Å². The number of methoxy groups -OCH3 is 1. The molecule has 2 aromatic carbocycles. The van der Waals surface area contributed by atoms with Crippen molar-refractivity contribution in [3.63, 3.8) is 0 Å². The van der Waals surface area contributed by atoms with Crippen LogP contribution in [0.2, 0.25) is 0 Å². The standard InChI is InChI=1S/C18H19N3O/c1-3-13-6-9-17-16(10-13)18(21-12-20-17)19-11-14-4-7-15(22-2)8-5-14/h4-10,12H,3,11H2,1-2H3,(H,19,20,21). The number of nitrogens with one attached hydrogen (secondary N) is 1. The summed E-state index contributed by atoms with van der Waals surface area (Å²) in [5.74, 6) is 1.74. The number of hydrogen-bond donors (Lipinski definition) is 1. The molecule has 0 spiro atoms. The highest BCUT2D eigenvalue weighted by Gasteiger charge is 2.04. The average molecular weight is 293 g/mol. The molecule has 0 atom stereocenters. The fourth-order valence-corrected chi connectivity index (χ4v) is 2.39. The van der Waals surface area contributed by atoms with Gasteiger partial charge in [-0.15, -0.1) is 0 Å². The Morgan fingerprint density at radius 3 is 2.50 bits per heavy atom. The lowest BCUT2D eigenvalue weighted by molar-refractivity contribution is 0.414. The third-order valence-corrected chi connectivity index (χ3v) is 3.73. The Morgan fingerprint density at radius 1 is 1.00 bits per heavy atom. The predicted octanol–water partition coefficient (Wildman–Crippen LogP) is 3.81. The number of anilines is 1. The van der Waals surface area contributed by atoms with E-state index in [1.54, 1.807) is 13.4 Å². The largest absolute Gasteiger partial charge is 0.497 e. The molecule has 0 bridgehead atoms. The topological polar surface area (TPSA) is 47.0 Å². The van der Waals surface area contributed by atoms with Crippen molar-refractivity contribution in [1.82, 2.24) is 9.97 Å². The van der Waals surface area contributed by atoms with Crippen LogP contribution >= 0.6 is 0 Å². The number of aryl methyl sites for hydroxylation is 1. The molecule has 1 heterocycles. The molecule has 0 radical (unpaired) electrons. The van der Waals surface area contributed by atoms with Crippen LogP contribution in [0.4, 0.5) is 5.82 Å². The monoisotopic (exact) mass is 293 g/mol. The highest BCUT2D eigenvalue weighted by atomic mass is 16.5. The van der Waals surface area contributed by atoms with Gasteiger partial charge >= 0.3 is 0 Å². The molecule has 3 aromatic rings. The number of rotatable bonds is 5. The summed E-state index contributed by atoms with van der Waals surface area (Å²) in [5.41, 5.74) is 3.43. The van der Waals surface area contributed by atoms with Gasteiger partial charge in [-0.25, -0.2) is 9.97 Å². The Labute approximate surface area is 130 Å². The molecule has 0 unspecified atom stereocenters. The third kappa shape index (κ3) is 3.01. The maximum absolute atomic E-state index is 5.17. The van der Waals surface area contributed by atoms with Crippen molar-refractivity contribution < 1.29 is 4.74 Å². The minimum absolute atomic E-state index is 0.715. The first-order valence-electron chi connectivity index (χ1n) is 7.40. The number of fused-ring (bicyclic) bond motifs is 1. The molecule has 1 N–H and O–H groups in total. The van der Waals surface area contributed by atoms with Crippen LogP contribution in [0.3, 0.4) is 0 Å².